The lowest BCUT2D eigenvalue weighted by molar-refractivity contribution is 1.18. The molecule has 9 aromatic rings. The van der Waals surface area contributed by atoms with Crippen LogP contribution in [0, 0.1) is 34.6 Å². The minimum absolute atomic E-state index is 1.08. The van der Waals surface area contributed by atoms with Crippen molar-refractivity contribution in [3.05, 3.63) is 252 Å². The summed E-state index contributed by atoms with van der Waals surface area (Å²) in [5, 5.41) is 0. The highest BCUT2D eigenvalue weighted by atomic mass is 15.2. The average molecular weight is 817 g/mol. The lowest BCUT2D eigenvalue weighted by Gasteiger charge is -2.34. The fourth-order valence-electron chi connectivity index (χ4n) is 8.46. The van der Waals surface area contributed by atoms with Gasteiger partial charge in [0.1, 0.15) is 0 Å². The molecule has 0 spiro atoms. The summed E-state index contributed by atoms with van der Waals surface area (Å²) in [7, 11) is 0. The van der Waals surface area contributed by atoms with Crippen LogP contribution in [0.4, 0.5) is 68.2 Å². The first kappa shape index (κ1) is 40.6. The van der Waals surface area contributed by atoms with Crippen LogP contribution in [0.5, 0.6) is 0 Å². The molecule has 4 nitrogen and oxygen atoms in total. The number of anilines is 12. The van der Waals surface area contributed by atoms with Crippen molar-refractivity contribution in [1.29, 1.82) is 0 Å². The molecule has 0 radical (unpaired) electrons. The quantitative estimate of drug-likeness (QED) is 0.122. The maximum Gasteiger partial charge on any atom is 0.0511 e. The number of benzene rings is 9. The predicted molar refractivity (Wildman–Crippen MR) is 269 cm³/mol. The van der Waals surface area contributed by atoms with Crippen LogP contribution >= 0.6 is 0 Å². The maximum atomic E-state index is 2.44. The van der Waals surface area contributed by atoms with Crippen molar-refractivity contribution in [2.24, 2.45) is 0 Å². The van der Waals surface area contributed by atoms with Crippen LogP contribution in [0.15, 0.2) is 224 Å². The summed E-state index contributed by atoms with van der Waals surface area (Å²) in [6.45, 7) is 11.0. The second kappa shape index (κ2) is 18.0. The minimum atomic E-state index is 1.08. The monoisotopic (exact) mass is 816 g/mol. The van der Waals surface area contributed by atoms with Gasteiger partial charge in [-0.3, -0.25) is 0 Å². The van der Waals surface area contributed by atoms with Gasteiger partial charge in [-0.1, -0.05) is 126 Å². The summed E-state index contributed by atoms with van der Waals surface area (Å²) in [6.07, 6.45) is 0. The van der Waals surface area contributed by atoms with E-state index < -0.39 is 0 Å². The van der Waals surface area contributed by atoms with Crippen LogP contribution in [0.25, 0.3) is 0 Å². The molecule has 0 aliphatic carbocycles. The highest BCUT2D eigenvalue weighted by Gasteiger charge is 2.25. The molecule has 0 saturated heterocycles. The molecule has 0 aliphatic rings. The SMILES string of the molecule is Cc1ccc(N(c2cc(N(c3ccccc3)c3ccccc3)ccc2C)c2cccc(N(c3ccc(C)cc3)c3cc(N(c4ccccc4)c4ccccc4)ccc3C)c2C)cc1. The summed E-state index contributed by atoms with van der Waals surface area (Å²) in [5.74, 6) is 0. The molecule has 9 rings (SSSR count). The molecule has 0 saturated carbocycles. The molecule has 0 bridgehead atoms. The summed E-state index contributed by atoms with van der Waals surface area (Å²) in [5.41, 5.74) is 19.1. The Bertz CT molecular complexity index is 2650. The highest BCUT2D eigenvalue weighted by Crippen LogP contribution is 2.48. The van der Waals surface area contributed by atoms with Gasteiger partial charge in [-0.05, 0) is 161 Å². The zero-order valence-corrected chi connectivity index (χ0v) is 36.7. The number of hydrogen-bond acceptors (Lipinski definition) is 4. The van der Waals surface area contributed by atoms with Crippen molar-refractivity contribution in [1.82, 2.24) is 0 Å². The van der Waals surface area contributed by atoms with E-state index in [2.05, 4.69) is 279 Å². The van der Waals surface area contributed by atoms with Crippen LogP contribution in [0.2, 0.25) is 0 Å². The minimum Gasteiger partial charge on any atom is -0.310 e. The Morgan fingerprint density at radius 2 is 0.508 bits per heavy atom. The zero-order chi connectivity index (χ0) is 43.3. The van der Waals surface area contributed by atoms with Gasteiger partial charge in [0.2, 0.25) is 0 Å². The number of aryl methyl sites for hydroxylation is 4. The van der Waals surface area contributed by atoms with Crippen LogP contribution < -0.4 is 19.6 Å². The van der Waals surface area contributed by atoms with Gasteiger partial charge in [-0.2, -0.15) is 0 Å². The van der Waals surface area contributed by atoms with Crippen LogP contribution in [0.1, 0.15) is 27.8 Å². The highest BCUT2D eigenvalue weighted by molar-refractivity contribution is 5.91. The molecule has 0 atom stereocenters. The summed E-state index contributed by atoms with van der Waals surface area (Å²) < 4.78 is 0. The molecule has 0 heterocycles. The summed E-state index contributed by atoms with van der Waals surface area (Å²) in [4.78, 5) is 9.55. The van der Waals surface area contributed by atoms with Gasteiger partial charge in [0.05, 0.1) is 22.7 Å². The van der Waals surface area contributed by atoms with E-state index in [-0.39, 0.29) is 0 Å². The summed E-state index contributed by atoms with van der Waals surface area (Å²) >= 11 is 0. The first-order valence-electron chi connectivity index (χ1n) is 21.7. The Balaban J connectivity index is 1.24. The molecule has 0 fully saturated rings. The predicted octanol–water partition coefficient (Wildman–Crippen LogP) is 17.1. The average Bonchev–Trinajstić information content (AvgIpc) is 3.32. The standard InChI is InChI=1S/C59H52N4/c1-43-29-35-52(36-30-43)62(58-41-54(39-33-45(58)3)60(48-19-10-6-11-20-48)49-21-12-7-13-22-49)56-27-18-28-57(47(56)5)63(53-37-31-44(2)32-38-53)59-42-55(40-34-46(59)4)61(50-23-14-8-15-24-50)51-25-16-9-17-26-51/h6-42H,1-5H3. The van der Waals surface area contributed by atoms with Crippen molar-refractivity contribution < 1.29 is 0 Å². The molecule has 0 N–H and O–H groups in total. The first-order chi connectivity index (χ1) is 30.8. The van der Waals surface area contributed by atoms with E-state index >= 15 is 0 Å². The van der Waals surface area contributed by atoms with Crippen molar-refractivity contribution >= 4 is 68.2 Å². The number of rotatable bonds is 12. The fourth-order valence-corrected chi connectivity index (χ4v) is 8.46. The van der Waals surface area contributed by atoms with Crippen molar-refractivity contribution in [2.75, 3.05) is 19.6 Å². The lowest BCUT2D eigenvalue weighted by atomic mass is 10.0. The third kappa shape index (κ3) is 8.44. The Labute approximate surface area is 373 Å². The number of nitrogens with zero attached hydrogens (tertiary/aromatic N) is 4. The molecule has 0 unspecified atom stereocenters. The van der Waals surface area contributed by atoms with Crippen molar-refractivity contribution in [3.8, 4) is 0 Å². The van der Waals surface area contributed by atoms with Gasteiger partial charge in [-0.15, -0.1) is 0 Å². The normalized spacial score (nSPS) is 10.9. The Morgan fingerprint density at radius 1 is 0.222 bits per heavy atom. The molecule has 0 aromatic heterocycles. The van der Waals surface area contributed by atoms with E-state index in [4.69, 9.17) is 0 Å². The van der Waals surface area contributed by atoms with E-state index in [0.29, 0.717) is 0 Å². The molecule has 0 aliphatic heterocycles. The van der Waals surface area contributed by atoms with E-state index in [1.165, 1.54) is 22.3 Å². The Kier molecular flexibility index (Phi) is 11.6. The third-order valence-corrected chi connectivity index (χ3v) is 11.8. The molecular weight excluding hydrogens is 765 g/mol. The Hall–Kier alpha value is -7.82. The fraction of sp³-hybridized carbons (Fsp3) is 0.0847. The van der Waals surface area contributed by atoms with Gasteiger partial charge >= 0.3 is 0 Å². The maximum absolute atomic E-state index is 2.44. The molecule has 4 heteroatoms. The largest absolute Gasteiger partial charge is 0.310 e. The van der Waals surface area contributed by atoms with Gasteiger partial charge in [0, 0.05) is 45.5 Å². The number of para-hydroxylation sites is 4. The second-order valence-electron chi connectivity index (χ2n) is 16.2. The number of hydrogen-bond donors (Lipinski definition) is 0. The first-order valence-corrected chi connectivity index (χ1v) is 21.7. The van der Waals surface area contributed by atoms with Crippen LogP contribution in [-0.4, -0.2) is 0 Å². The van der Waals surface area contributed by atoms with Crippen molar-refractivity contribution in [2.45, 2.75) is 34.6 Å². The zero-order valence-electron chi connectivity index (χ0n) is 36.7. The van der Waals surface area contributed by atoms with E-state index in [1.807, 2.05) is 0 Å². The lowest BCUT2D eigenvalue weighted by Crippen LogP contribution is -2.18. The molecule has 308 valence electrons. The summed E-state index contributed by atoms with van der Waals surface area (Å²) in [6, 6.07) is 80.7. The van der Waals surface area contributed by atoms with Gasteiger partial charge in [-0.25, -0.2) is 0 Å². The van der Waals surface area contributed by atoms with Crippen molar-refractivity contribution in [3.63, 3.8) is 0 Å². The van der Waals surface area contributed by atoms with E-state index in [1.54, 1.807) is 0 Å². The second-order valence-corrected chi connectivity index (χ2v) is 16.2. The molecular formula is C59H52N4. The van der Waals surface area contributed by atoms with Gasteiger partial charge in [0.15, 0.2) is 0 Å². The smallest absolute Gasteiger partial charge is 0.0511 e. The topological polar surface area (TPSA) is 13.0 Å². The van der Waals surface area contributed by atoms with Gasteiger partial charge in [0.25, 0.3) is 0 Å². The van der Waals surface area contributed by atoms with Gasteiger partial charge < -0.3 is 19.6 Å². The van der Waals surface area contributed by atoms with Crippen LogP contribution in [0.3, 0.4) is 0 Å². The molecule has 63 heavy (non-hydrogen) atoms. The van der Waals surface area contributed by atoms with Crippen LogP contribution in [-0.2, 0) is 0 Å². The van der Waals surface area contributed by atoms with E-state index in [0.717, 1.165) is 73.8 Å². The molecule has 9 aromatic carbocycles. The Morgan fingerprint density at radius 3 is 0.825 bits per heavy atom. The molecule has 0 amide bonds. The third-order valence-electron chi connectivity index (χ3n) is 11.8. The van der Waals surface area contributed by atoms with E-state index in [9.17, 15) is 0 Å².